The van der Waals surface area contributed by atoms with Gasteiger partial charge in [-0.15, -0.1) is 0 Å². The van der Waals surface area contributed by atoms with Crippen LogP contribution in [0, 0.1) is 12.3 Å². The number of nitrogens with one attached hydrogen (secondary N) is 1. The second-order valence-corrected chi connectivity index (χ2v) is 3.75. The fourth-order valence-electron chi connectivity index (χ4n) is 1.40. The number of hydrogen-bond acceptors (Lipinski definition) is 3. The number of carboxylic acid groups (broad SMARTS) is 1. The second kappa shape index (κ2) is 3.59. The van der Waals surface area contributed by atoms with Gasteiger partial charge in [0, 0.05) is 9.81 Å². The van der Waals surface area contributed by atoms with Crippen molar-refractivity contribution in [3.8, 4) is 0 Å². The molecule has 84 valence electrons. The van der Waals surface area contributed by atoms with Crippen molar-refractivity contribution in [2.75, 3.05) is 5.32 Å². The summed E-state index contributed by atoms with van der Waals surface area (Å²) >= 11 is 0. The SMILES string of the molecule is [2H]C([2H])([2H])c1cccc(NC(=O)C2(C(=O)O)CC2)n1. The molecule has 2 N–H and O–H groups in total. The van der Waals surface area contributed by atoms with Crippen LogP contribution in [0.3, 0.4) is 0 Å². The van der Waals surface area contributed by atoms with E-state index in [0.29, 0.717) is 0 Å². The van der Waals surface area contributed by atoms with Gasteiger partial charge in [-0.05, 0) is 31.8 Å². The van der Waals surface area contributed by atoms with Crippen LogP contribution in [-0.4, -0.2) is 22.0 Å². The largest absolute Gasteiger partial charge is 0.480 e. The Morgan fingerprint density at radius 3 is 2.88 bits per heavy atom. The molecule has 1 saturated carbocycles. The third kappa shape index (κ3) is 1.76. The molecule has 0 aromatic carbocycles. The molecule has 0 atom stereocenters. The van der Waals surface area contributed by atoms with Gasteiger partial charge in [0.05, 0.1) is 0 Å². The Labute approximate surface area is 96.7 Å². The van der Waals surface area contributed by atoms with E-state index >= 15 is 0 Å². The molecule has 0 radical (unpaired) electrons. The number of carbonyl (C=O) groups excluding carboxylic acids is 1. The van der Waals surface area contributed by atoms with Gasteiger partial charge in [-0.25, -0.2) is 4.98 Å². The van der Waals surface area contributed by atoms with Gasteiger partial charge in [0.2, 0.25) is 5.91 Å². The Balaban J connectivity index is 2.17. The predicted octanol–water partition coefficient (Wildman–Crippen LogP) is 1.19. The third-order valence-corrected chi connectivity index (χ3v) is 2.58. The molecule has 1 heterocycles. The monoisotopic (exact) mass is 223 g/mol. The Morgan fingerprint density at radius 2 is 2.31 bits per heavy atom. The quantitative estimate of drug-likeness (QED) is 0.754. The lowest BCUT2D eigenvalue weighted by molar-refractivity contribution is -0.147. The summed E-state index contributed by atoms with van der Waals surface area (Å²) in [6, 6.07) is 4.20. The number of hydrogen-bond donors (Lipinski definition) is 2. The maximum absolute atomic E-state index is 11.8. The number of anilines is 1. The average Bonchev–Trinajstić information content (AvgIpc) is 3.09. The molecule has 0 saturated heterocycles. The molecule has 1 aromatic heterocycles. The fraction of sp³-hybridized carbons (Fsp3) is 0.364. The summed E-state index contributed by atoms with van der Waals surface area (Å²) in [5.74, 6) is -1.78. The summed E-state index contributed by atoms with van der Waals surface area (Å²) in [6.07, 6.45) is 0.570. The highest BCUT2D eigenvalue weighted by molar-refractivity contribution is 6.10. The molecule has 16 heavy (non-hydrogen) atoms. The minimum absolute atomic E-state index is 0.0474. The molecular weight excluding hydrogens is 208 g/mol. The Kier molecular flexibility index (Phi) is 1.65. The number of aryl methyl sites for hydroxylation is 1. The summed E-state index contributed by atoms with van der Waals surface area (Å²) in [6.45, 7) is -2.37. The highest BCUT2D eigenvalue weighted by Crippen LogP contribution is 2.46. The van der Waals surface area contributed by atoms with Crippen molar-refractivity contribution in [3.63, 3.8) is 0 Å². The number of aromatic nitrogens is 1. The van der Waals surface area contributed by atoms with Crippen LogP contribution in [0.15, 0.2) is 18.2 Å². The van der Waals surface area contributed by atoms with Crippen molar-refractivity contribution in [1.82, 2.24) is 4.98 Å². The van der Waals surface area contributed by atoms with Crippen LogP contribution in [0.5, 0.6) is 0 Å². The molecule has 0 spiro atoms. The van der Waals surface area contributed by atoms with Gasteiger partial charge in [0.1, 0.15) is 11.2 Å². The van der Waals surface area contributed by atoms with E-state index in [1.807, 2.05) is 0 Å². The molecule has 0 unspecified atom stereocenters. The molecule has 5 nitrogen and oxygen atoms in total. The number of carboxylic acids is 1. The van der Waals surface area contributed by atoms with E-state index < -0.39 is 24.1 Å². The van der Waals surface area contributed by atoms with Crippen molar-refractivity contribution in [1.29, 1.82) is 0 Å². The summed E-state index contributed by atoms with van der Waals surface area (Å²) in [7, 11) is 0. The van der Waals surface area contributed by atoms with Gasteiger partial charge < -0.3 is 10.4 Å². The second-order valence-electron chi connectivity index (χ2n) is 3.75. The van der Waals surface area contributed by atoms with E-state index in [9.17, 15) is 9.59 Å². The summed E-state index contributed by atoms with van der Waals surface area (Å²) < 4.78 is 21.7. The smallest absolute Gasteiger partial charge is 0.319 e. The Morgan fingerprint density at radius 1 is 1.56 bits per heavy atom. The average molecular weight is 223 g/mol. The van der Waals surface area contributed by atoms with Crippen molar-refractivity contribution in [2.24, 2.45) is 5.41 Å². The Hall–Kier alpha value is -1.91. The van der Waals surface area contributed by atoms with Crippen LogP contribution in [0.2, 0.25) is 0 Å². The van der Waals surface area contributed by atoms with Crippen LogP contribution in [0.25, 0.3) is 0 Å². The molecule has 1 fully saturated rings. The predicted molar refractivity (Wildman–Crippen MR) is 56.9 cm³/mol. The van der Waals surface area contributed by atoms with Crippen LogP contribution in [-0.2, 0) is 9.59 Å². The highest BCUT2D eigenvalue weighted by Gasteiger charge is 2.57. The number of carbonyl (C=O) groups is 2. The van der Waals surface area contributed by atoms with Crippen LogP contribution >= 0.6 is 0 Å². The molecule has 1 aliphatic carbocycles. The first-order chi connectivity index (χ1) is 8.75. The van der Waals surface area contributed by atoms with E-state index in [-0.39, 0.29) is 24.4 Å². The maximum Gasteiger partial charge on any atom is 0.319 e. The lowest BCUT2D eigenvalue weighted by Crippen LogP contribution is -2.31. The number of pyridine rings is 1. The Bertz CT molecular complexity index is 538. The number of amides is 1. The van der Waals surface area contributed by atoms with Gasteiger partial charge in [0.15, 0.2) is 0 Å². The summed E-state index contributed by atoms with van der Waals surface area (Å²) in [5.41, 5.74) is -1.53. The maximum atomic E-state index is 11.8. The molecule has 0 bridgehead atoms. The van der Waals surface area contributed by atoms with Crippen LogP contribution in [0.1, 0.15) is 22.6 Å². The minimum atomic E-state index is -2.37. The minimum Gasteiger partial charge on any atom is -0.480 e. The first-order valence-corrected chi connectivity index (χ1v) is 4.78. The highest BCUT2D eigenvalue weighted by atomic mass is 16.4. The zero-order chi connectivity index (χ0) is 14.3. The normalized spacial score (nSPS) is 20.1. The molecule has 1 amide bonds. The first kappa shape index (κ1) is 7.38. The van der Waals surface area contributed by atoms with Crippen molar-refractivity contribution < 1.29 is 18.8 Å². The first-order valence-electron chi connectivity index (χ1n) is 6.28. The number of aliphatic carboxylic acids is 1. The third-order valence-electron chi connectivity index (χ3n) is 2.58. The molecule has 1 aromatic rings. The van der Waals surface area contributed by atoms with E-state index in [1.165, 1.54) is 18.2 Å². The fourth-order valence-corrected chi connectivity index (χ4v) is 1.40. The van der Waals surface area contributed by atoms with Crippen molar-refractivity contribution in [3.05, 3.63) is 23.9 Å². The molecule has 2 rings (SSSR count). The van der Waals surface area contributed by atoms with Gasteiger partial charge in [0.25, 0.3) is 0 Å². The molecule has 1 aliphatic rings. The van der Waals surface area contributed by atoms with E-state index in [0.717, 1.165) is 0 Å². The number of rotatable bonds is 3. The standard InChI is InChI=1S/C11H12N2O3/c1-7-3-2-4-8(12-7)13-9(14)11(5-6-11)10(15)16/h2-4H,5-6H2,1H3,(H,15,16)(H,12,13,14)/i1D3. The summed E-state index contributed by atoms with van der Waals surface area (Å²) in [5, 5.41) is 11.3. The van der Waals surface area contributed by atoms with E-state index in [4.69, 9.17) is 9.22 Å². The van der Waals surface area contributed by atoms with Gasteiger partial charge in [-0.1, -0.05) is 6.07 Å². The topological polar surface area (TPSA) is 79.3 Å². The van der Waals surface area contributed by atoms with Gasteiger partial charge in [-0.3, -0.25) is 9.59 Å². The van der Waals surface area contributed by atoms with Crippen LogP contribution < -0.4 is 5.32 Å². The van der Waals surface area contributed by atoms with Crippen molar-refractivity contribution >= 4 is 17.7 Å². The zero-order valence-electron chi connectivity index (χ0n) is 11.4. The van der Waals surface area contributed by atoms with Gasteiger partial charge in [-0.2, -0.15) is 0 Å². The molecule has 5 heteroatoms. The van der Waals surface area contributed by atoms with E-state index in [2.05, 4.69) is 10.3 Å². The lowest BCUT2D eigenvalue weighted by Gasteiger charge is -2.10. The lowest BCUT2D eigenvalue weighted by atomic mass is 10.1. The summed E-state index contributed by atoms with van der Waals surface area (Å²) in [4.78, 5) is 26.6. The van der Waals surface area contributed by atoms with Gasteiger partial charge >= 0.3 is 5.97 Å². The number of nitrogens with zero attached hydrogens (tertiary/aromatic N) is 1. The van der Waals surface area contributed by atoms with Crippen molar-refractivity contribution in [2.45, 2.75) is 19.7 Å². The molecular formula is C11H12N2O3. The zero-order valence-corrected chi connectivity index (χ0v) is 8.36. The molecule has 0 aliphatic heterocycles. The van der Waals surface area contributed by atoms with Crippen LogP contribution in [0.4, 0.5) is 5.82 Å². The van der Waals surface area contributed by atoms with E-state index in [1.54, 1.807) is 0 Å².